The Morgan fingerprint density at radius 2 is 2.06 bits per heavy atom. The average molecular weight is 300 g/mol. The number of nitrogens with one attached hydrogen (secondary N) is 1. The average Bonchev–Trinajstić information content (AvgIpc) is 2.30. The van der Waals surface area contributed by atoms with Crippen molar-refractivity contribution in [3.8, 4) is 5.75 Å². The second kappa shape index (κ2) is 7.02. The van der Waals surface area contributed by atoms with Gasteiger partial charge in [-0.15, -0.1) is 0 Å². The number of hydrogen-bond donors (Lipinski definition) is 2. The quantitative estimate of drug-likeness (QED) is 0.830. The Hall–Kier alpha value is -0.540. The van der Waals surface area contributed by atoms with E-state index >= 15 is 0 Å². The molecule has 0 amide bonds. The molecule has 3 heteroatoms. The summed E-state index contributed by atoms with van der Waals surface area (Å²) in [5, 5.41) is 12.9. The molecular formula is C14H22BrNO. The van der Waals surface area contributed by atoms with Gasteiger partial charge in [0.2, 0.25) is 0 Å². The summed E-state index contributed by atoms with van der Waals surface area (Å²) in [6.45, 7) is 7.59. The van der Waals surface area contributed by atoms with Crippen molar-refractivity contribution in [2.24, 2.45) is 5.92 Å². The number of rotatable bonds is 6. The number of hydrogen-bond acceptors (Lipinski definition) is 2. The summed E-state index contributed by atoms with van der Waals surface area (Å²) >= 11 is 3.33. The zero-order chi connectivity index (χ0) is 12.8. The Morgan fingerprint density at radius 3 is 2.65 bits per heavy atom. The van der Waals surface area contributed by atoms with Gasteiger partial charge in [-0.05, 0) is 52.9 Å². The van der Waals surface area contributed by atoms with E-state index < -0.39 is 0 Å². The van der Waals surface area contributed by atoms with E-state index in [4.69, 9.17) is 0 Å². The van der Waals surface area contributed by atoms with Gasteiger partial charge in [-0.1, -0.05) is 26.3 Å². The van der Waals surface area contributed by atoms with Gasteiger partial charge in [0.25, 0.3) is 0 Å². The molecule has 0 aromatic heterocycles. The maximum absolute atomic E-state index is 9.40. The second-order valence-electron chi connectivity index (χ2n) is 4.82. The van der Waals surface area contributed by atoms with Gasteiger partial charge in [0.15, 0.2) is 0 Å². The van der Waals surface area contributed by atoms with E-state index in [1.165, 1.54) is 18.4 Å². The van der Waals surface area contributed by atoms with Gasteiger partial charge in [-0.2, -0.15) is 0 Å². The molecule has 0 fully saturated rings. The van der Waals surface area contributed by atoms with Crippen molar-refractivity contribution >= 4 is 15.9 Å². The Bertz CT molecular complexity index is 354. The highest BCUT2D eigenvalue weighted by atomic mass is 79.9. The van der Waals surface area contributed by atoms with Crippen LogP contribution in [0.3, 0.4) is 0 Å². The molecule has 2 nitrogen and oxygen atoms in total. The Labute approximate surface area is 113 Å². The maximum atomic E-state index is 9.40. The largest absolute Gasteiger partial charge is 0.507 e. The van der Waals surface area contributed by atoms with Crippen molar-refractivity contribution in [1.29, 1.82) is 0 Å². The summed E-state index contributed by atoms with van der Waals surface area (Å²) in [6, 6.07) is 6.15. The van der Waals surface area contributed by atoms with Crippen LogP contribution in [-0.4, -0.2) is 11.1 Å². The van der Waals surface area contributed by atoms with Crippen molar-refractivity contribution in [3.63, 3.8) is 0 Å². The van der Waals surface area contributed by atoms with E-state index in [1.807, 2.05) is 12.1 Å². The standard InChI is InChI=1S/C14H22BrNO/c1-4-10(2)7-11(3)16-9-12-5-6-14(17)13(15)8-12/h5-6,8,10-11,16-17H,4,7,9H2,1-3H3. The van der Waals surface area contributed by atoms with Gasteiger partial charge >= 0.3 is 0 Å². The van der Waals surface area contributed by atoms with Gasteiger partial charge in [0.05, 0.1) is 4.47 Å². The van der Waals surface area contributed by atoms with Crippen molar-refractivity contribution in [2.45, 2.75) is 46.2 Å². The fraction of sp³-hybridized carbons (Fsp3) is 0.571. The van der Waals surface area contributed by atoms with Crippen LogP contribution in [0.2, 0.25) is 0 Å². The van der Waals surface area contributed by atoms with Crippen LogP contribution in [0.4, 0.5) is 0 Å². The third-order valence-corrected chi connectivity index (χ3v) is 3.75. The molecule has 1 aromatic carbocycles. The van der Waals surface area contributed by atoms with Crippen molar-refractivity contribution in [2.75, 3.05) is 0 Å². The normalized spacial score (nSPS) is 14.6. The lowest BCUT2D eigenvalue weighted by atomic mass is 10.0. The van der Waals surface area contributed by atoms with E-state index in [2.05, 4.69) is 42.0 Å². The third kappa shape index (κ3) is 5.09. The molecule has 1 aromatic rings. The molecule has 0 aliphatic rings. The first-order valence-corrected chi connectivity index (χ1v) is 7.03. The highest BCUT2D eigenvalue weighted by Crippen LogP contribution is 2.24. The molecule has 0 saturated heterocycles. The minimum Gasteiger partial charge on any atom is -0.507 e. The monoisotopic (exact) mass is 299 g/mol. The second-order valence-corrected chi connectivity index (χ2v) is 5.67. The van der Waals surface area contributed by atoms with Gasteiger partial charge in [0, 0.05) is 12.6 Å². The van der Waals surface area contributed by atoms with E-state index in [0.29, 0.717) is 11.8 Å². The summed E-state index contributed by atoms with van der Waals surface area (Å²) < 4.78 is 0.756. The lowest BCUT2D eigenvalue weighted by Gasteiger charge is -2.17. The summed E-state index contributed by atoms with van der Waals surface area (Å²) in [7, 11) is 0. The van der Waals surface area contributed by atoms with Crippen LogP contribution in [-0.2, 0) is 6.54 Å². The van der Waals surface area contributed by atoms with Crippen LogP contribution >= 0.6 is 15.9 Å². The highest BCUT2D eigenvalue weighted by Gasteiger charge is 2.07. The number of phenolic OH excluding ortho intramolecular Hbond substituents is 1. The van der Waals surface area contributed by atoms with E-state index in [9.17, 15) is 5.11 Å². The third-order valence-electron chi connectivity index (χ3n) is 3.12. The molecule has 0 aliphatic carbocycles. The number of halogens is 1. The Morgan fingerprint density at radius 1 is 1.35 bits per heavy atom. The van der Waals surface area contributed by atoms with Gasteiger partial charge in [-0.3, -0.25) is 0 Å². The summed E-state index contributed by atoms with van der Waals surface area (Å²) in [4.78, 5) is 0. The minimum absolute atomic E-state index is 0.293. The summed E-state index contributed by atoms with van der Waals surface area (Å²) in [6.07, 6.45) is 2.44. The van der Waals surface area contributed by atoms with Crippen LogP contribution in [0.15, 0.2) is 22.7 Å². The van der Waals surface area contributed by atoms with E-state index in [1.54, 1.807) is 6.07 Å². The van der Waals surface area contributed by atoms with Crippen LogP contribution < -0.4 is 5.32 Å². The Kier molecular flexibility index (Phi) is 6.00. The zero-order valence-electron chi connectivity index (χ0n) is 10.8. The molecule has 0 radical (unpaired) electrons. The predicted octanol–water partition coefficient (Wildman–Crippen LogP) is 4.07. The molecule has 96 valence electrons. The molecular weight excluding hydrogens is 278 g/mol. The van der Waals surface area contributed by atoms with Crippen LogP contribution in [0.1, 0.15) is 39.2 Å². The molecule has 0 spiro atoms. The number of phenols is 1. The number of aromatic hydroxyl groups is 1. The highest BCUT2D eigenvalue weighted by molar-refractivity contribution is 9.10. The van der Waals surface area contributed by atoms with Crippen molar-refractivity contribution in [1.82, 2.24) is 5.32 Å². The lowest BCUT2D eigenvalue weighted by Crippen LogP contribution is -2.27. The first kappa shape index (κ1) is 14.5. The molecule has 0 saturated carbocycles. The molecule has 0 bridgehead atoms. The first-order valence-electron chi connectivity index (χ1n) is 6.23. The number of benzene rings is 1. The van der Waals surface area contributed by atoms with Gasteiger partial charge < -0.3 is 10.4 Å². The molecule has 17 heavy (non-hydrogen) atoms. The molecule has 2 unspecified atom stereocenters. The van der Waals surface area contributed by atoms with E-state index in [0.717, 1.165) is 16.9 Å². The first-order chi connectivity index (χ1) is 8.02. The zero-order valence-corrected chi connectivity index (χ0v) is 12.4. The van der Waals surface area contributed by atoms with Crippen LogP contribution in [0.5, 0.6) is 5.75 Å². The smallest absolute Gasteiger partial charge is 0.129 e. The van der Waals surface area contributed by atoms with Crippen molar-refractivity contribution < 1.29 is 5.11 Å². The molecule has 0 heterocycles. The minimum atomic E-state index is 0.293. The van der Waals surface area contributed by atoms with Crippen LogP contribution in [0, 0.1) is 5.92 Å². The van der Waals surface area contributed by atoms with Crippen LogP contribution in [0.25, 0.3) is 0 Å². The Balaban J connectivity index is 2.42. The predicted molar refractivity (Wildman–Crippen MR) is 76.2 cm³/mol. The van der Waals surface area contributed by atoms with Gasteiger partial charge in [-0.25, -0.2) is 0 Å². The van der Waals surface area contributed by atoms with Gasteiger partial charge in [0.1, 0.15) is 5.75 Å². The SMILES string of the molecule is CCC(C)CC(C)NCc1ccc(O)c(Br)c1. The molecule has 2 N–H and O–H groups in total. The molecule has 1 rings (SSSR count). The topological polar surface area (TPSA) is 32.3 Å². The summed E-state index contributed by atoms with van der Waals surface area (Å²) in [5.41, 5.74) is 1.19. The summed E-state index contributed by atoms with van der Waals surface area (Å²) in [5.74, 6) is 1.06. The molecule has 0 aliphatic heterocycles. The lowest BCUT2D eigenvalue weighted by molar-refractivity contribution is 0.412. The fourth-order valence-corrected chi connectivity index (χ4v) is 2.23. The maximum Gasteiger partial charge on any atom is 0.129 e. The van der Waals surface area contributed by atoms with Crippen molar-refractivity contribution in [3.05, 3.63) is 28.2 Å². The van der Waals surface area contributed by atoms with E-state index in [-0.39, 0.29) is 0 Å². The fourth-order valence-electron chi connectivity index (χ4n) is 1.81. The molecule has 2 atom stereocenters.